The van der Waals surface area contributed by atoms with Crippen LogP contribution >= 0.6 is 12.2 Å². The van der Waals surface area contributed by atoms with Gasteiger partial charge in [-0.05, 0) is 88.4 Å². The molecule has 3 aliphatic heterocycles. The fourth-order valence-corrected chi connectivity index (χ4v) is 8.92. The molecule has 4 fully saturated rings. The number of halogens is 6. The van der Waals surface area contributed by atoms with E-state index in [1.165, 1.54) is 6.07 Å². The number of piperidine rings is 1. The predicted octanol–water partition coefficient (Wildman–Crippen LogP) is 5.11. The van der Waals surface area contributed by atoms with Crippen molar-refractivity contribution in [3.05, 3.63) is 53.3 Å². The smallest absolute Gasteiger partial charge is 0.378 e. The molecule has 1 aliphatic carbocycles. The number of rotatable bonds is 11. The molecule has 2 aromatic rings. The van der Waals surface area contributed by atoms with Gasteiger partial charge in [0.05, 0.1) is 36.0 Å². The molecule has 1 saturated carbocycles. The van der Waals surface area contributed by atoms with Crippen LogP contribution in [0.15, 0.2) is 36.5 Å². The van der Waals surface area contributed by atoms with Gasteiger partial charge in [-0.3, -0.25) is 34.3 Å². The second-order valence-corrected chi connectivity index (χ2v) is 16.1. The average molecular weight is 851 g/mol. The first kappa shape index (κ1) is 43.9. The van der Waals surface area contributed by atoms with Gasteiger partial charge in [0, 0.05) is 50.9 Å². The molecule has 59 heavy (non-hydrogen) atoms. The number of carbonyl (C=O) groups excluding carboxylic acids is 4. The van der Waals surface area contributed by atoms with E-state index in [-0.39, 0.29) is 48.4 Å². The van der Waals surface area contributed by atoms with Gasteiger partial charge in [0.15, 0.2) is 10.8 Å². The molecule has 13 nitrogen and oxygen atoms in total. The van der Waals surface area contributed by atoms with E-state index in [0.717, 1.165) is 16.0 Å². The van der Waals surface area contributed by atoms with Gasteiger partial charge in [0.1, 0.15) is 17.6 Å². The second-order valence-electron chi connectivity index (χ2n) is 15.7. The lowest BCUT2D eigenvalue weighted by molar-refractivity contribution is -0.197. The summed E-state index contributed by atoms with van der Waals surface area (Å²) >= 11 is 5.65. The summed E-state index contributed by atoms with van der Waals surface area (Å²) in [6.07, 6.45) is -5.26. The Morgan fingerprint density at radius 1 is 1.07 bits per heavy atom. The van der Waals surface area contributed by atoms with Crippen LogP contribution in [-0.4, -0.2) is 118 Å². The Hall–Kier alpha value is -4.71. The Morgan fingerprint density at radius 2 is 1.80 bits per heavy atom. The number of nitrogens with one attached hydrogen (secondary N) is 2. The Morgan fingerprint density at radius 3 is 2.46 bits per heavy atom. The van der Waals surface area contributed by atoms with E-state index in [9.17, 15) is 45.5 Å². The maximum absolute atomic E-state index is 14.3. The number of nitriles is 1. The van der Waals surface area contributed by atoms with Crippen LogP contribution in [-0.2, 0) is 30.1 Å². The molecule has 6 rings (SSSR count). The topological polar surface area (TPSA) is 151 Å². The first-order valence-electron chi connectivity index (χ1n) is 19.3. The Labute approximate surface area is 342 Å². The second kappa shape index (κ2) is 17.5. The Bertz CT molecular complexity index is 2000. The van der Waals surface area contributed by atoms with Crippen LogP contribution < -0.4 is 15.5 Å². The number of benzene rings is 1. The maximum Gasteiger partial charge on any atom is 0.419 e. The number of imide groups is 1. The molecule has 0 spiro atoms. The zero-order chi connectivity index (χ0) is 42.9. The third-order valence-corrected chi connectivity index (χ3v) is 11.7. The molecule has 0 bridgehead atoms. The van der Waals surface area contributed by atoms with E-state index in [2.05, 4.69) is 15.6 Å². The number of piperazine rings is 1. The third kappa shape index (κ3) is 9.85. The summed E-state index contributed by atoms with van der Waals surface area (Å²) in [6.45, 7) is 3.48. The third-order valence-electron chi connectivity index (χ3n) is 11.4. The lowest BCUT2D eigenvalue weighted by Gasteiger charge is -2.42. The van der Waals surface area contributed by atoms with Crippen LogP contribution in [0, 0.1) is 11.3 Å². The molecular weight excluding hydrogens is 807 g/mol. The summed E-state index contributed by atoms with van der Waals surface area (Å²) < 4.78 is 89.9. The van der Waals surface area contributed by atoms with Crippen molar-refractivity contribution < 1.29 is 50.3 Å². The molecule has 2 N–H and O–H groups in total. The van der Waals surface area contributed by atoms with Crippen LogP contribution in [0.4, 0.5) is 37.7 Å². The fourth-order valence-electron chi connectivity index (χ4n) is 8.35. The van der Waals surface area contributed by atoms with Crippen molar-refractivity contribution in [3.8, 4) is 6.07 Å². The number of carbonyl (C=O) groups is 4. The van der Waals surface area contributed by atoms with Crippen LogP contribution in [0.25, 0.3) is 0 Å². The molecule has 2 atom stereocenters. The summed E-state index contributed by atoms with van der Waals surface area (Å²) in [5, 5.41) is 14.1. The Kier molecular flexibility index (Phi) is 13.0. The zero-order valence-electron chi connectivity index (χ0n) is 32.4. The number of aromatic nitrogens is 1. The van der Waals surface area contributed by atoms with E-state index in [0.29, 0.717) is 75.5 Å². The van der Waals surface area contributed by atoms with Crippen molar-refractivity contribution in [1.82, 2.24) is 25.0 Å². The maximum atomic E-state index is 14.3. The summed E-state index contributed by atoms with van der Waals surface area (Å²) in [7, 11) is 0. The van der Waals surface area contributed by atoms with Crippen LogP contribution in [0.3, 0.4) is 0 Å². The number of thiocarbonyl (C=S) groups is 1. The molecule has 0 radical (unpaired) electrons. The molecular formula is C39H44F6N8O5S. The highest BCUT2D eigenvalue weighted by molar-refractivity contribution is 7.80. The summed E-state index contributed by atoms with van der Waals surface area (Å²) in [6, 6.07) is 6.55. The monoisotopic (exact) mass is 850 g/mol. The van der Waals surface area contributed by atoms with Gasteiger partial charge in [-0.25, -0.2) is 4.98 Å². The van der Waals surface area contributed by atoms with Gasteiger partial charge in [-0.2, -0.15) is 31.6 Å². The number of anilines is 2. The van der Waals surface area contributed by atoms with Crippen molar-refractivity contribution in [2.24, 2.45) is 0 Å². The van der Waals surface area contributed by atoms with E-state index in [4.69, 9.17) is 22.2 Å². The van der Waals surface area contributed by atoms with E-state index in [1.54, 1.807) is 47.9 Å². The number of hydrogen-bond donors (Lipinski definition) is 2. The van der Waals surface area contributed by atoms with E-state index in [1.807, 2.05) is 0 Å². The number of nitrogens with zero attached hydrogens (tertiary/aromatic N) is 6. The SMILES string of the molecule is CC1(C)C(=O)N(c2cnc(C#N)c(C(F)(F)F)c2)C(=S)N1C1CCC(OCCCN2CCN(CC(=O)Nc3cccc(C4CCC(=O)NC4=O)c3)[C@@H](C(F)(F)F)C2)CC1. The summed E-state index contributed by atoms with van der Waals surface area (Å²) in [5.74, 6) is -2.52. The standard InChI is InChI=1S/C39H44F6N8O5S/c1-37(2)35(57)52(26-18-29(38(40,41)42)30(19-46)47-20-26)36(59)53(37)25-7-9-27(10-8-25)58-16-4-13-50-14-15-51(31(21-50)39(43,44)45)22-33(55)48-24-6-3-5-23(17-24)28-11-12-32(54)49-34(28)56/h3,5-6,17-18,20,25,27-28,31H,4,7-16,21-22H2,1-2H3,(H,48,55)(H,49,54,56)/t25?,27?,28?,31-/m1/s1. The molecule has 1 aromatic heterocycles. The highest BCUT2D eigenvalue weighted by Gasteiger charge is 2.53. The first-order chi connectivity index (χ1) is 27.8. The van der Waals surface area contributed by atoms with Crippen LogP contribution in [0.1, 0.15) is 81.5 Å². The highest BCUT2D eigenvalue weighted by Crippen LogP contribution is 2.40. The van der Waals surface area contributed by atoms with Gasteiger partial charge >= 0.3 is 12.4 Å². The van der Waals surface area contributed by atoms with Gasteiger partial charge in [-0.1, -0.05) is 12.1 Å². The summed E-state index contributed by atoms with van der Waals surface area (Å²) in [4.78, 5) is 59.5. The zero-order valence-corrected chi connectivity index (χ0v) is 33.2. The fraction of sp³-hybridized carbons (Fsp3) is 0.564. The number of amides is 4. The minimum absolute atomic E-state index is 0.0125. The van der Waals surface area contributed by atoms with Crippen LogP contribution in [0.2, 0.25) is 0 Å². The minimum atomic E-state index is -4.87. The van der Waals surface area contributed by atoms with Crippen molar-refractivity contribution in [2.45, 2.75) is 101 Å². The van der Waals surface area contributed by atoms with E-state index >= 15 is 0 Å². The normalized spacial score (nSPS) is 24.6. The molecule has 4 heterocycles. The molecule has 3 saturated heterocycles. The first-order valence-corrected chi connectivity index (χ1v) is 19.7. The molecule has 4 amide bonds. The highest BCUT2D eigenvalue weighted by atomic mass is 32.1. The average Bonchev–Trinajstić information content (AvgIpc) is 3.34. The van der Waals surface area contributed by atoms with Crippen molar-refractivity contribution >= 4 is 52.3 Å². The molecule has 1 unspecified atom stereocenters. The summed E-state index contributed by atoms with van der Waals surface area (Å²) in [5.41, 5.74) is -2.51. The van der Waals surface area contributed by atoms with Crippen molar-refractivity contribution in [2.75, 3.05) is 49.5 Å². The van der Waals surface area contributed by atoms with Gasteiger partial charge in [0.25, 0.3) is 5.91 Å². The lowest BCUT2D eigenvalue weighted by Crippen LogP contribution is -2.60. The molecule has 4 aliphatic rings. The number of pyridine rings is 1. The number of hydrogen-bond acceptors (Lipinski definition) is 10. The van der Waals surface area contributed by atoms with Gasteiger partial charge < -0.3 is 19.9 Å². The molecule has 1 aromatic carbocycles. The van der Waals surface area contributed by atoms with Gasteiger partial charge in [-0.15, -0.1) is 0 Å². The minimum Gasteiger partial charge on any atom is -0.378 e. The number of ether oxygens (including phenoxy) is 1. The van der Waals surface area contributed by atoms with E-state index < -0.39 is 65.4 Å². The quantitative estimate of drug-likeness (QED) is 0.134. The Balaban J connectivity index is 0.956. The van der Waals surface area contributed by atoms with Crippen molar-refractivity contribution in [3.63, 3.8) is 0 Å². The lowest BCUT2D eigenvalue weighted by atomic mass is 9.89. The van der Waals surface area contributed by atoms with Crippen molar-refractivity contribution in [1.29, 1.82) is 5.26 Å². The van der Waals surface area contributed by atoms with Crippen LogP contribution in [0.5, 0.6) is 0 Å². The predicted molar refractivity (Wildman–Crippen MR) is 205 cm³/mol. The molecule has 20 heteroatoms. The molecule has 318 valence electrons. The largest absolute Gasteiger partial charge is 0.419 e. The van der Waals surface area contributed by atoms with Gasteiger partial charge in [0.2, 0.25) is 17.7 Å². The number of alkyl halides is 6.